The quantitative estimate of drug-likeness (QED) is 0.416. The molecule has 1 amide bonds. The number of piperazine rings is 1. The molecule has 1 saturated heterocycles. The van der Waals surface area contributed by atoms with Gasteiger partial charge in [-0.25, -0.2) is 4.79 Å². The molecule has 0 radical (unpaired) electrons. The maximum absolute atomic E-state index is 12.4. The molecule has 0 atom stereocenters. The smallest absolute Gasteiger partial charge is 0.342 e. The molecule has 152 valence electrons. The highest BCUT2D eigenvalue weighted by atomic mass is 16.6. The van der Waals surface area contributed by atoms with Crippen LogP contribution in [0.3, 0.4) is 0 Å². The molecule has 0 aliphatic carbocycles. The van der Waals surface area contributed by atoms with Crippen molar-refractivity contribution in [1.29, 1.82) is 0 Å². The number of non-ortho nitro benzene ring substituents is 1. The van der Waals surface area contributed by atoms with E-state index in [4.69, 9.17) is 9.47 Å². The zero-order valence-corrected chi connectivity index (χ0v) is 15.9. The summed E-state index contributed by atoms with van der Waals surface area (Å²) >= 11 is 0. The van der Waals surface area contributed by atoms with Crippen LogP contribution in [0.5, 0.6) is 5.75 Å². The molecule has 1 heterocycles. The number of methoxy groups -OCH3 is 1. The largest absolute Gasteiger partial charge is 0.496 e. The predicted octanol–water partition coefficient (Wildman–Crippen LogP) is 2.11. The number of rotatable bonds is 6. The molecule has 0 spiro atoms. The number of amides is 1. The first-order chi connectivity index (χ1) is 14.0. The Hall–Kier alpha value is -3.62. The van der Waals surface area contributed by atoms with Crippen LogP contribution in [-0.4, -0.2) is 61.6 Å². The van der Waals surface area contributed by atoms with Crippen LogP contribution >= 0.6 is 0 Å². The molecule has 0 unspecified atom stereocenters. The van der Waals surface area contributed by atoms with Crippen molar-refractivity contribution in [3.8, 4) is 5.75 Å². The number of hydrogen-bond donors (Lipinski definition) is 0. The third-order valence-electron chi connectivity index (χ3n) is 4.71. The van der Waals surface area contributed by atoms with E-state index in [1.165, 1.54) is 19.2 Å². The number of ether oxygens (including phenoxy) is 2. The van der Waals surface area contributed by atoms with Crippen LogP contribution in [0.25, 0.3) is 0 Å². The molecule has 1 fully saturated rings. The van der Waals surface area contributed by atoms with Crippen molar-refractivity contribution in [3.63, 3.8) is 0 Å². The van der Waals surface area contributed by atoms with Gasteiger partial charge >= 0.3 is 5.97 Å². The number of para-hydroxylation sites is 1. The van der Waals surface area contributed by atoms with Gasteiger partial charge in [0.05, 0.1) is 12.0 Å². The lowest BCUT2D eigenvalue weighted by Crippen LogP contribution is -2.49. The van der Waals surface area contributed by atoms with Gasteiger partial charge in [-0.15, -0.1) is 0 Å². The van der Waals surface area contributed by atoms with Gasteiger partial charge in [0.1, 0.15) is 11.3 Å². The van der Waals surface area contributed by atoms with E-state index in [0.29, 0.717) is 31.9 Å². The lowest BCUT2D eigenvalue weighted by molar-refractivity contribution is -0.384. The van der Waals surface area contributed by atoms with Gasteiger partial charge in [0.15, 0.2) is 6.61 Å². The molecular weight excluding hydrogens is 378 g/mol. The second kappa shape index (κ2) is 9.05. The third-order valence-corrected chi connectivity index (χ3v) is 4.71. The van der Waals surface area contributed by atoms with Gasteiger partial charge in [-0.2, -0.15) is 0 Å². The minimum Gasteiger partial charge on any atom is -0.496 e. The molecule has 2 aromatic carbocycles. The lowest BCUT2D eigenvalue weighted by atomic mass is 10.2. The minimum absolute atomic E-state index is 0.0411. The van der Waals surface area contributed by atoms with Crippen molar-refractivity contribution in [2.24, 2.45) is 0 Å². The van der Waals surface area contributed by atoms with Gasteiger partial charge < -0.3 is 19.3 Å². The van der Waals surface area contributed by atoms with E-state index in [-0.39, 0.29) is 23.8 Å². The topological polar surface area (TPSA) is 102 Å². The number of benzene rings is 2. The van der Waals surface area contributed by atoms with E-state index in [0.717, 1.165) is 5.69 Å². The monoisotopic (exact) mass is 399 g/mol. The lowest BCUT2D eigenvalue weighted by Gasteiger charge is -2.36. The molecule has 1 aliphatic heterocycles. The normalized spacial score (nSPS) is 13.7. The van der Waals surface area contributed by atoms with E-state index in [2.05, 4.69) is 0 Å². The first-order valence-electron chi connectivity index (χ1n) is 9.07. The molecular formula is C20H21N3O6. The van der Waals surface area contributed by atoms with E-state index in [1.54, 1.807) is 41.3 Å². The van der Waals surface area contributed by atoms with Crippen molar-refractivity contribution in [2.75, 3.05) is 44.8 Å². The Kier molecular flexibility index (Phi) is 6.28. The van der Waals surface area contributed by atoms with Crippen LogP contribution < -0.4 is 9.64 Å². The summed E-state index contributed by atoms with van der Waals surface area (Å²) in [4.78, 5) is 38.6. The Bertz CT molecular complexity index is 891. The summed E-state index contributed by atoms with van der Waals surface area (Å²) in [5.41, 5.74) is 1.18. The summed E-state index contributed by atoms with van der Waals surface area (Å²) in [5.74, 6) is -0.487. The van der Waals surface area contributed by atoms with Crippen molar-refractivity contribution in [2.45, 2.75) is 0 Å². The molecule has 3 rings (SSSR count). The van der Waals surface area contributed by atoms with E-state index >= 15 is 0 Å². The number of nitro groups is 1. The number of carbonyl (C=O) groups excluding carboxylic acids is 2. The zero-order chi connectivity index (χ0) is 20.8. The average Bonchev–Trinajstić information content (AvgIpc) is 2.77. The highest BCUT2D eigenvalue weighted by Gasteiger charge is 2.23. The van der Waals surface area contributed by atoms with Crippen LogP contribution in [0.1, 0.15) is 10.4 Å². The maximum atomic E-state index is 12.4. The van der Waals surface area contributed by atoms with Crippen molar-refractivity contribution >= 4 is 23.3 Å². The van der Waals surface area contributed by atoms with Crippen molar-refractivity contribution < 1.29 is 24.0 Å². The second-order valence-corrected chi connectivity index (χ2v) is 6.42. The van der Waals surface area contributed by atoms with Crippen molar-refractivity contribution in [1.82, 2.24) is 4.90 Å². The standard InChI is InChI=1S/C20H21N3O6/c1-28-18-5-3-2-4-17(18)20(25)29-14-19(24)22-12-10-21(11-13-22)15-6-8-16(9-7-15)23(26)27/h2-9H,10-14H2,1H3. The molecule has 1 aliphatic rings. The molecule has 0 N–H and O–H groups in total. The van der Waals surface area contributed by atoms with Gasteiger partial charge in [-0.1, -0.05) is 12.1 Å². The number of nitrogens with zero attached hydrogens (tertiary/aromatic N) is 3. The van der Waals surface area contributed by atoms with Crippen LogP contribution in [-0.2, 0) is 9.53 Å². The van der Waals surface area contributed by atoms with E-state index in [9.17, 15) is 19.7 Å². The van der Waals surface area contributed by atoms with E-state index < -0.39 is 10.9 Å². The summed E-state index contributed by atoms with van der Waals surface area (Å²) in [6.07, 6.45) is 0. The number of anilines is 1. The van der Waals surface area contributed by atoms with Crippen molar-refractivity contribution in [3.05, 3.63) is 64.2 Å². The fourth-order valence-corrected chi connectivity index (χ4v) is 3.11. The summed E-state index contributed by atoms with van der Waals surface area (Å²) in [6, 6.07) is 13.0. The highest BCUT2D eigenvalue weighted by Crippen LogP contribution is 2.21. The van der Waals surface area contributed by atoms with Crippen LogP contribution in [0, 0.1) is 10.1 Å². The predicted molar refractivity (Wildman–Crippen MR) is 105 cm³/mol. The summed E-state index contributed by atoms with van der Waals surface area (Å²) in [6.45, 7) is 1.78. The van der Waals surface area contributed by atoms with Crippen LogP contribution in [0.4, 0.5) is 11.4 Å². The molecule has 9 heteroatoms. The number of nitro benzene ring substituents is 1. The SMILES string of the molecule is COc1ccccc1C(=O)OCC(=O)N1CCN(c2ccc([N+](=O)[O-])cc2)CC1. The fourth-order valence-electron chi connectivity index (χ4n) is 3.11. The molecule has 29 heavy (non-hydrogen) atoms. The summed E-state index contributed by atoms with van der Waals surface area (Å²) < 4.78 is 10.3. The van der Waals surface area contributed by atoms with Crippen LogP contribution in [0.2, 0.25) is 0 Å². The molecule has 0 aromatic heterocycles. The van der Waals surface area contributed by atoms with Gasteiger partial charge in [-0.3, -0.25) is 14.9 Å². The molecule has 0 saturated carbocycles. The Morgan fingerprint density at radius 1 is 1.03 bits per heavy atom. The molecule has 9 nitrogen and oxygen atoms in total. The first-order valence-corrected chi connectivity index (χ1v) is 9.07. The highest BCUT2D eigenvalue weighted by molar-refractivity contribution is 5.94. The Balaban J connectivity index is 1.50. The Morgan fingerprint density at radius 2 is 1.69 bits per heavy atom. The summed E-state index contributed by atoms with van der Waals surface area (Å²) in [7, 11) is 1.46. The Labute approximate surface area is 167 Å². The van der Waals surface area contributed by atoms with Gasteiger partial charge in [0.25, 0.3) is 11.6 Å². The van der Waals surface area contributed by atoms with Crippen LogP contribution in [0.15, 0.2) is 48.5 Å². The second-order valence-electron chi connectivity index (χ2n) is 6.42. The fraction of sp³-hybridized carbons (Fsp3) is 0.300. The molecule has 2 aromatic rings. The zero-order valence-electron chi connectivity index (χ0n) is 15.9. The third kappa shape index (κ3) is 4.81. The summed E-state index contributed by atoms with van der Waals surface area (Å²) in [5, 5.41) is 10.7. The number of esters is 1. The Morgan fingerprint density at radius 3 is 2.31 bits per heavy atom. The van der Waals surface area contributed by atoms with Gasteiger partial charge in [0, 0.05) is 44.0 Å². The number of hydrogen-bond acceptors (Lipinski definition) is 7. The first kappa shape index (κ1) is 20.1. The number of carbonyl (C=O) groups is 2. The van der Waals surface area contributed by atoms with E-state index in [1.807, 2.05) is 4.90 Å². The average molecular weight is 399 g/mol. The molecule has 0 bridgehead atoms. The van der Waals surface area contributed by atoms with Gasteiger partial charge in [-0.05, 0) is 24.3 Å². The maximum Gasteiger partial charge on any atom is 0.342 e. The minimum atomic E-state index is -0.611. The van der Waals surface area contributed by atoms with Gasteiger partial charge in [0.2, 0.25) is 0 Å².